The van der Waals surface area contributed by atoms with Gasteiger partial charge in [0.15, 0.2) is 0 Å². The molecule has 0 spiro atoms. The van der Waals surface area contributed by atoms with Crippen molar-refractivity contribution < 1.29 is 9.53 Å². The summed E-state index contributed by atoms with van der Waals surface area (Å²) in [6, 6.07) is 19.1. The van der Waals surface area contributed by atoms with Crippen LogP contribution in [0, 0.1) is 0 Å². The van der Waals surface area contributed by atoms with E-state index in [1.807, 2.05) is 48.7 Å². The van der Waals surface area contributed by atoms with Crippen molar-refractivity contribution >= 4 is 23.4 Å². The van der Waals surface area contributed by atoms with Gasteiger partial charge in [0, 0.05) is 34.3 Å². The molecule has 0 fully saturated rings. The number of hydrogen-bond donors (Lipinski definition) is 1. The topological polar surface area (TPSA) is 51.2 Å². The monoisotopic (exact) mass is 378 g/mol. The molecule has 3 aromatic rings. The van der Waals surface area contributed by atoms with Crippen molar-refractivity contribution in [1.82, 2.24) is 4.98 Å². The number of carbonyl (C=O) groups is 1. The fraction of sp³-hybridized carbons (Fsp3) is 0.182. The summed E-state index contributed by atoms with van der Waals surface area (Å²) in [7, 11) is 0. The van der Waals surface area contributed by atoms with E-state index < -0.39 is 0 Å². The molecule has 5 heteroatoms. The molecule has 0 saturated heterocycles. The van der Waals surface area contributed by atoms with Gasteiger partial charge in [0.2, 0.25) is 0 Å². The second-order valence-electron chi connectivity index (χ2n) is 6.00. The highest BCUT2D eigenvalue weighted by Gasteiger charge is 2.07. The predicted octanol–water partition coefficient (Wildman–Crippen LogP) is 5.42. The van der Waals surface area contributed by atoms with Gasteiger partial charge >= 0.3 is 0 Å². The average molecular weight is 378 g/mol. The second kappa shape index (κ2) is 9.78. The number of nitrogens with one attached hydrogen (secondary N) is 1. The molecule has 0 atom stereocenters. The lowest BCUT2D eigenvalue weighted by atomic mass is 10.2. The fourth-order valence-corrected chi connectivity index (χ4v) is 3.27. The first kappa shape index (κ1) is 19.0. The summed E-state index contributed by atoms with van der Waals surface area (Å²) in [5, 5.41) is 2.93. The Balaban J connectivity index is 1.57. The van der Waals surface area contributed by atoms with Crippen LogP contribution in [0.1, 0.15) is 29.3 Å². The Morgan fingerprint density at radius 2 is 1.96 bits per heavy atom. The summed E-state index contributed by atoms with van der Waals surface area (Å²) in [4.78, 5) is 17.7. The molecule has 0 aliphatic carbocycles. The van der Waals surface area contributed by atoms with Crippen LogP contribution in [0.4, 0.5) is 5.69 Å². The summed E-state index contributed by atoms with van der Waals surface area (Å²) >= 11 is 1.74. The van der Waals surface area contributed by atoms with Gasteiger partial charge < -0.3 is 10.1 Å². The lowest BCUT2D eigenvalue weighted by Crippen LogP contribution is -2.12. The molecule has 0 radical (unpaired) electrons. The first-order valence-electron chi connectivity index (χ1n) is 8.90. The van der Waals surface area contributed by atoms with Crippen LogP contribution in [0.15, 0.2) is 78.0 Å². The normalized spacial score (nSPS) is 10.4. The van der Waals surface area contributed by atoms with Crippen LogP contribution in [-0.4, -0.2) is 17.5 Å². The minimum Gasteiger partial charge on any atom is -0.494 e. The van der Waals surface area contributed by atoms with Crippen LogP contribution in [0.5, 0.6) is 5.75 Å². The highest BCUT2D eigenvalue weighted by atomic mass is 32.2. The molecule has 0 saturated carbocycles. The van der Waals surface area contributed by atoms with Crippen molar-refractivity contribution in [3.05, 3.63) is 84.2 Å². The number of aromatic nitrogens is 1. The van der Waals surface area contributed by atoms with Crippen LogP contribution in [0.3, 0.4) is 0 Å². The minimum absolute atomic E-state index is 0.146. The summed E-state index contributed by atoms with van der Waals surface area (Å²) in [6.07, 6.45) is 4.58. The van der Waals surface area contributed by atoms with Crippen molar-refractivity contribution in [2.45, 2.75) is 24.0 Å². The molecular formula is C22H22N2O2S. The molecule has 4 nitrogen and oxygen atoms in total. The van der Waals surface area contributed by atoms with E-state index in [2.05, 4.69) is 23.3 Å². The highest BCUT2D eigenvalue weighted by molar-refractivity contribution is 7.98. The van der Waals surface area contributed by atoms with Gasteiger partial charge in [-0.15, -0.1) is 11.8 Å². The molecule has 0 bridgehead atoms. The molecule has 138 valence electrons. The summed E-state index contributed by atoms with van der Waals surface area (Å²) < 4.78 is 5.59. The van der Waals surface area contributed by atoms with E-state index in [0.717, 1.165) is 22.8 Å². The number of thioether (sulfide) groups is 1. The minimum atomic E-state index is -0.146. The molecular weight excluding hydrogens is 356 g/mol. The molecule has 2 aromatic carbocycles. The Morgan fingerprint density at radius 1 is 1.11 bits per heavy atom. The first-order valence-corrected chi connectivity index (χ1v) is 9.89. The third-order valence-electron chi connectivity index (χ3n) is 3.81. The Bertz CT molecular complexity index is 867. The zero-order valence-corrected chi connectivity index (χ0v) is 16.0. The van der Waals surface area contributed by atoms with Gasteiger partial charge in [-0.3, -0.25) is 9.78 Å². The standard InChI is InChI=1S/C22H22N2O2S/c1-2-13-26-20-7-3-6-18(14-20)22(25)24-19-8-10-21(11-9-19)27-16-17-5-4-12-23-15-17/h3-12,14-15H,2,13,16H2,1H3,(H,24,25). The van der Waals surface area contributed by atoms with Crippen molar-refractivity contribution in [2.75, 3.05) is 11.9 Å². The van der Waals surface area contributed by atoms with Crippen LogP contribution in [0.25, 0.3) is 0 Å². The number of rotatable bonds is 8. The smallest absolute Gasteiger partial charge is 0.255 e. The lowest BCUT2D eigenvalue weighted by Gasteiger charge is -2.09. The molecule has 1 N–H and O–H groups in total. The number of carbonyl (C=O) groups excluding carboxylic acids is 1. The van der Waals surface area contributed by atoms with Gasteiger partial charge in [-0.25, -0.2) is 0 Å². The van der Waals surface area contributed by atoms with Gasteiger partial charge in [0.1, 0.15) is 5.75 Å². The molecule has 27 heavy (non-hydrogen) atoms. The zero-order chi connectivity index (χ0) is 18.9. The van der Waals surface area contributed by atoms with Crippen molar-refractivity contribution in [2.24, 2.45) is 0 Å². The lowest BCUT2D eigenvalue weighted by molar-refractivity contribution is 0.102. The molecule has 1 heterocycles. The van der Waals surface area contributed by atoms with Crippen molar-refractivity contribution in [1.29, 1.82) is 0 Å². The van der Waals surface area contributed by atoms with E-state index in [1.54, 1.807) is 30.1 Å². The SMILES string of the molecule is CCCOc1cccc(C(=O)Nc2ccc(SCc3cccnc3)cc2)c1. The summed E-state index contributed by atoms with van der Waals surface area (Å²) in [5.41, 5.74) is 2.54. The number of nitrogens with zero attached hydrogens (tertiary/aromatic N) is 1. The van der Waals surface area contributed by atoms with Gasteiger partial charge in [-0.1, -0.05) is 19.1 Å². The van der Waals surface area contributed by atoms with E-state index in [0.29, 0.717) is 17.9 Å². The van der Waals surface area contributed by atoms with E-state index in [-0.39, 0.29) is 5.91 Å². The molecule has 0 unspecified atom stereocenters. The fourth-order valence-electron chi connectivity index (χ4n) is 2.43. The third kappa shape index (κ3) is 5.86. The Morgan fingerprint density at radius 3 is 2.70 bits per heavy atom. The van der Waals surface area contributed by atoms with Gasteiger partial charge in [-0.05, 0) is 60.5 Å². The van der Waals surface area contributed by atoms with E-state index >= 15 is 0 Å². The predicted molar refractivity (Wildman–Crippen MR) is 110 cm³/mol. The van der Waals surface area contributed by atoms with Gasteiger partial charge in [-0.2, -0.15) is 0 Å². The Kier molecular flexibility index (Phi) is 6.88. The maximum atomic E-state index is 12.5. The van der Waals surface area contributed by atoms with Gasteiger partial charge in [0.25, 0.3) is 5.91 Å². The molecule has 1 aromatic heterocycles. The van der Waals surface area contributed by atoms with Crippen molar-refractivity contribution in [3.63, 3.8) is 0 Å². The number of anilines is 1. The number of ether oxygens (including phenoxy) is 1. The molecule has 3 rings (SSSR count). The summed E-state index contributed by atoms with van der Waals surface area (Å²) in [5.74, 6) is 1.43. The van der Waals surface area contributed by atoms with Crippen LogP contribution >= 0.6 is 11.8 Å². The Labute approximate surface area is 164 Å². The largest absolute Gasteiger partial charge is 0.494 e. The summed E-state index contributed by atoms with van der Waals surface area (Å²) in [6.45, 7) is 2.69. The molecule has 0 aliphatic heterocycles. The van der Waals surface area contributed by atoms with Crippen LogP contribution in [-0.2, 0) is 5.75 Å². The second-order valence-corrected chi connectivity index (χ2v) is 7.05. The van der Waals surface area contributed by atoms with E-state index in [9.17, 15) is 4.79 Å². The third-order valence-corrected chi connectivity index (χ3v) is 4.89. The first-order chi connectivity index (χ1) is 13.2. The number of amides is 1. The van der Waals surface area contributed by atoms with E-state index in [1.165, 1.54) is 5.56 Å². The Hall–Kier alpha value is -2.79. The maximum absolute atomic E-state index is 12.5. The average Bonchev–Trinajstić information content (AvgIpc) is 2.72. The number of hydrogen-bond acceptors (Lipinski definition) is 4. The van der Waals surface area contributed by atoms with Crippen LogP contribution < -0.4 is 10.1 Å². The highest BCUT2D eigenvalue weighted by Crippen LogP contribution is 2.24. The molecule has 0 aliphatic rings. The van der Waals surface area contributed by atoms with Gasteiger partial charge in [0.05, 0.1) is 6.61 Å². The zero-order valence-electron chi connectivity index (χ0n) is 15.2. The molecule has 1 amide bonds. The quantitative estimate of drug-likeness (QED) is 0.532. The number of pyridine rings is 1. The maximum Gasteiger partial charge on any atom is 0.255 e. The number of benzene rings is 2. The van der Waals surface area contributed by atoms with Crippen molar-refractivity contribution in [3.8, 4) is 5.75 Å². The van der Waals surface area contributed by atoms with E-state index in [4.69, 9.17) is 4.74 Å². The van der Waals surface area contributed by atoms with Crippen LogP contribution in [0.2, 0.25) is 0 Å².